The minimum Gasteiger partial charge on any atom is -0.482 e. The summed E-state index contributed by atoms with van der Waals surface area (Å²) in [5, 5.41) is 20.3. The lowest BCUT2D eigenvalue weighted by Gasteiger charge is -2.05. The van der Waals surface area contributed by atoms with Crippen molar-refractivity contribution in [3.8, 4) is 23.1 Å². The van der Waals surface area contributed by atoms with Crippen LogP contribution in [-0.4, -0.2) is 32.3 Å². The van der Waals surface area contributed by atoms with Crippen molar-refractivity contribution < 1.29 is 14.6 Å². The fourth-order valence-corrected chi connectivity index (χ4v) is 2.08. The molecule has 0 saturated carbocycles. The molecule has 0 amide bonds. The van der Waals surface area contributed by atoms with Gasteiger partial charge >= 0.3 is 5.97 Å². The second kappa shape index (κ2) is 5.65. The second-order valence-electron chi connectivity index (χ2n) is 4.64. The highest BCUT2D eigenvalue weighted by atomic mass is 16.5. The number of aliphatic carboxylic acids is 1. The van der Waals surface area contributed by atoms with Crippen molar-refractivity contribution in [3.63, 3.8) is 0 Å². The molecule has 0 aliphatic rings. The summed E-state index contributed by atoms with van der Waals surface area (Å²) in [4.78, 5) is 26.8. The molecule has 0 radical (unpaired) electrons. The third kappa shape index (κ3) is 2.75. The topological polar surface area (TPSA) is 120 Å². The lowest BCUT2D eigenvalue weighted by Crippen LogP contribution is -2.14. The highest BCUT2D eigenvalue weighted by Crippen LogP contribution is 2.21. The van der Waals surface area contributed by atoms with Crippen LogP contribution in [0.4, 0.5) is 0 Å². The number of carboxylic acids is 1. The Kier molecular flexibility index (Phi) is 3.52. The maximum absolute atomic E-state index is 12.0. The number of ether oxygens (including phenoxy) is 1. The molecule has 2 N–H and O–H groups in total. The van der Waals surface area contributed by atoms with Crippen molar-refractivity contribution in [2.75, 3.05) is 6.61 Å². The van der Waals surface area contributed by atoms with Gasteiger partial charge in [-0.15, -0.1) is 0 Å². The average Bonchev–Trinajstić information content (AvgIpc) is 2.97. The Hall–Kier alpha value is -3.60. The van der Waals surface area contributed by atoms with Crippen LogP contribution in [0.1, 0.15) is 5.56 Å². The third-order valence-corrected chi connectivity index (χ3v) is 3.13. The molecule has 0 aliphatic heterocycles. The summed E-state index contributed by atoms with van der Waals surface area (Å²) < 4.78 is 6.23. The van der Waals surface area contributed by atoms with Gasteiger partial charge in [0, 0.05) is 17.8 Å². The van der Waals surface area contributed by atoms with Crippen LogP contribution in [0.25, 0.3) is 16.9 Å². The molecule has 0 atom stereocenters. The summed E-state index contributed by atoms with van der Waals surface area (Å²) in [5.74, 6) is -0.668. The minimum absolute atomic E-state index is 0.251. The van der Waals surface area contributed by atoms with E-state index in [-0.39, 0.29) is 16.8 Å². The van der Waals surface area contributed by atoms with Crippen molar-refractivity contribution in [1.82, 2.24) is 14.6 Å². The Morgan fingerprint density at radius 3 is 2.78 bits per heavy atom. The number of fused-ring (bicyclic) bond motifs is 1. The van der Waals surface area contributed by atoms with Gasteiger partial charge in [-0.1, -0.05) is 0 Å². The van der Waals surface area contributed by atoms with Gasteiger partial charge in [0.25, 0.3) is 5.56 Å². The summed E-state index contributed by atoms with van der Waals surface area (Å²) in [7, 11) is 0. The number of hydrogen-bond acceptors (Lipinski definition) is 5. The van der Waals surface area contributed by atoms with Crippen molar-refractivity contribution in [2.24, 2.45) is 0 Å². The molecule has 0 bridgehead atoms. The third-order valence-electron chi connectivity index (χ3n) is 3.13. The van der Waals surface area contributed by atoms with Gasteiger partial charge in [-0.05, 0) is 24.3 Å². The Morgan fingerprint density at radius 1 is 1.39 bits per heavy atom. The van der Waals surface area contributed by atoms with E-state index in [2.05, 4.69) is 10.1 Å². The summed E-state index contributed by atoms with van der Waals surface area (Å²) in [5.41, 5.74) is 1.25. The molecule has 23 heavy (non-hydrogen) atoms. The Balaban J connectivity index is 1.98. The van der Waals surface area contributed by atoms with E-state index in [1.54, 1.807) is 24.3 Å². The van der Waals surface area contributed by atoms with Crippen LogP contribution in [0.5, 0.6) is 5.75 Å². The van der Waals surface area contributed by atoms with E-state index in [1.807, 2.05) is 6.07 Å². The predicted octanol–water partition coefficient (Wildman–Crippen LogP) is 1.02. The number of aromatic amines is 1. The SMILES string of the molecule is N#Cc1c[nH]n2c(=O)cc(-c3ccc(OCC(=O)O)cc3)nc12. The van der Waals surface area contributed by atoms with E-state index in [0.29, 0.717) is 17.0 Å². The van der Waals surface area contributed by atoms with Gasteiger partial charge < -0.3 is 9.84 Å². The van der Waals surface area contributed by atoms with Gasteiger partial charge in [-0.3, -0.25) is 9.89 Å². The zero-order valence-electron chi connectivity index (χ0n) is 11.7. The fourth-order valence-electron chi connectivity index (χ4n) is 2.08. The van der Waals surface area contributed by atoms with Crippen LogP contribution in [0.2, 0.25) is 0 Å². The molecule has 114 valence electrons. The molecular formula is C15H10N4O4. The monoisotopic (exact) mass is 310 g/mol. The molecule has 0 fully saturated rings. The first kappa shape index (κ1) is 14.3. The van der Waals surface area contributed by atoms with Crippen molar-refractivity contribution >= 4 is 11.6 Å². The van der Waals surface area contributed by atoms with Crippen LogP contribution in [0, 0.1) is 11.3 Å². The number of aromatic nitrogens is 3. The first-order valence-corrected chi connectivity index (χ1v) is 6.55. The number of rotatable bonds is 4. The highest BCUT2D eigenvalue weighted by Gasteiger charge is 2.10. The van der Waals surface area contributed by atoms with Crippen LogP contribution < -0.4 is 10.3 Å². The highest BCUT2D eigenvalue weighted by molar-refractivity contribution is 5.68. The smallest absolute Gasteiger partial charge is 0.341 e. The molecule has 3 rings (SSSR count). The largest absolute Gasteiger partial charge is 0.482 e. The fraction of sp³-hybridized carbons (Fsp3) is 0.0667. The van der Waals surface area contributed by atoms with Crippen LogP contribution in [0.15, 0.2) is 41.3 Å². The zero-order valence-corrected chi connectivity index (χ0v) is 11.7. The van der Waals surface area contributed by atoms with Gasteiger partial charge in [-0.2, -0.15) is 5.26 Å². The number of nitriles is 1. The molecule has 0 saturated heterocycles. The van der Waals surface area contributed by atoms with Gasteiger partial charge in [0.15, 0.2) is 12.3 Å². The Labute approximate surface area is 129 Å². The predicted molar refractivity (Wildman–Crippen MR) is 79.1 cm³/mol. The van der Waals surface area contributed by atoms with E-state index in [0.717, 1.165) is 0 Å². The number of carbonyl (C=O) groups is 1. The van der Waals surface area contributed by atoms with E-state index in [9.17, 15) is 9.59 Å². The molecule has 8 heteroatoms. The first-order valence-electron chi connectivity index (χ1n) is 6.55. The Bertz CT molecular complexity index is 979. The number of H-pyrrole nitrogens is 1. The number of benzene rings is 1. The molecule has 3 aromatic rings. The maximum Gasteiger partial charge on any atom is 0.341 e. The van der Waals surface area contributed by atoms with Crippen LogP contribution >= 0.6 is 0 Å². The van der Waals surface area contributed by atoms with Gasteiger partial charge in [0.2, 0.25) is 0 Å². The molecular weight excluding hydrogens is 300 g/mol. The van der Waals surface area contributed by atoms with Gasteiger partial charge in [0.05, 0.1) is 5.69 Å². The quantitative estimate of drug-likeness (QED) is 0.742. The number of nitrogens with zero attached hydrogens (tertiary/aromatic N) is 3. The number of carboxylic acid groups (broad SMARTS) is 1. The van der Waals surface area contributed by atoms with Gasteiger partial charge in [-0.25, -0.2) is 14.3 Å². The first-order chi connectivity index (χ1) is 11.1. The molecule has 2 heterocycles. The van der Waals surface area contributed by atoms with Gasteiger partial charge in [0.1, 0.15) is 17.4 Å². The maximum atomic E-state index is 12.0. The summed E-state index contributed by atoms with van der Waals surface area (Å²) in [6.45, 7) is -0.431. The van der Waals surface area contributed by atoms with Crippen LogP contribution in [0.3, 0.4) is 0 Å². The van der Waals surface area contributed by atoms with E-state index in [1.165, 1.54) is 16.8 Å². The standard InChI is InChI=1S/C15H10N4O4/c16-6-10-7-17-19-13(20)5-12(18-15(10)19)9-1-3-11(4-2-9)23-8-14(21)22/h1-5,7,17H,8H2,(H,21,22). The molecule has 0 spiro atoms. The van der Waals surface area contributed by atoms with Crippen molar-refractivity contribution in [2.45, 2.75) is 0 Å². The van der Waals surface area contributed by atoms with E-state index >= 15 is 0 Å². The summed E-state index contributed by atoms with van der Waals surface area (Å²) >= 11 is 0. The molecule has 0 aliphatic carbocycles. The number of nitrogens with one attached hydrogen (secondary N) is 1. The zero-order chi connectivity index (χ0) is 16.4. The molecule has 1 aromatic carbocycles. The lowest BCUT2D eigenvalue weighted by molar-refractivity contribution is -0.139. The minimum atomic E-state index is -1.06. The summed E-state index contributed by atoms with van der Waals surface area (Å²) in [6, 6.07) is 9.80. The van der Waals surface area contributed by atoms with Crippen LogP contribution in [-0.2, 0) is 4.79 Å². The number of hydrogen-bond donors (Lipinski definition) is 2. The normalized spacial score (nSPS) is 10.4. The van der Waals surface area contributed by atoms with E-state index in [4.69, 9.17) is 15.1 Å². The average molecular weight is 310 g/mol. The van der Waals surface area contributed by atoms with E-state index < -0.39 is 12.6 Å². The second-order valence-corrected chi connectivity index (χ2v) is 4.64. The molecule has 0 unspecified atom stereocenters. The summed E-state index contributed by atoms with van der Waals surface area (Å²) in [6.07, 6.45) is 1.41. The lowest BCUT2D eigenvalue weighted by atomic mass is 10.1. The Morgan fingerprint density at radius 2 is 2.13 bits per heavy atom. The van der Waals surface area contributed by atoms with Crippen molar-refractivity contribution in [1.29, 1.82) is 5.26 Å². The molecule has 2 aromatic heterocycles. The van der Waals surface area contributed by atoms with Crippen molar-refractivity contribution in [3.05, 3.63) is 52.4 Å². The molecule has 8 nitrogen and oxygen atoms in total.